The Morgan fingerprint density at radius 1 is 1.11 bits per heavy atom. The summed E-state index contributed by atoms with van der Waals surface area (Å²) in [6.45, 7) is 6.98. The Labute approximate surface area is 205 Å². The molecule has 4 aliphatic rings. The molecule has 10 atom stereocenters. The number of benzene rings is 1. The Balaban J connectivity index is 1.65. The predicted octanol–water partition coefficient (Wildman–Crippen LogP) is 1.70. The summed E-state index contributed by atoms with van der Waals surface area (Å²) in [5.41, 5.74) is -0.444. The van der Waals surface area contributed by atoms with Crippen molar-refractivity contribution in [2.24, 2.45) is 23.2 Å². The molecule has 2 saturated heterocycles. The Morgan fingerprint density at radius 2 is 1.80 bits per heavy atom. The molecule has 0 radical (unpaired) electrons. The van der Waals surface area contributed by atoms with Crippen molar-refractivity contribution in [2.45, 2.75) is 76.6 Å². The first-order chi connectivity index (χ1) is 16.5. The molecule has 188 valence electrons. The van der Waals surface area contributed by atoms with E-state index in [9.17, 15) is 24.9 Å². The van der Waals surface area contributed by atoms with E-state index < -0.39 is 53.2 Å². The molecule has 0 saturated carbocycles. The largest absolute Gasteiger partial charge is 0.389 e. The van der Waals surface area contributed by atoms with Gasteiger partial charge in [0.1, 0.15) is 17.8 Å². The van der Waals surface area contributed by atoms with Gasteiger partial charge in [-0.05, 0) is 44.7 Å². The minimum Gasteiger partial charge on any atom is -0.389 e. The van der Waals surface area contributed by atoms with E-state index in [1.165, 1.54) is 6.92 Å². The molecular formula is C28H35NO6. The normalized spacial score (nSPS) is 46.1. The number of carbonyl (C=O) groups is 2. The van der Waals surface area contributed by atoms with Crippen LogP contribution in [0.4, 0.5) is 0 Å². The number of aliphatic hydroxyl groups is 3. The number of amides is 1. The van der Waals surface area contributed by atoms with Gasteiger partial charge in [0.05, 0.1) is 17.6 Å². The van der Waals surface area contributed by atoms with Crippen molar-refractivity contribution < 1.29 is 29.6 Å². The van der Waals surface area contributed by atoms with E-state index in [0.717, 1.165) is 16.7 Å². The van der Waals surface area contributed by atoms with Crippen molar-refractivity contribution in [3.05, 3.63) is 59.2 Å². The molecule has 7 nitrogen and oxygen atoms in total. The first-order valence-electron chi connectivity index (χ1n) is 12.5. The Hall–Kier alpha value is -2.32. The lowest BCUT2D eigenvalue weighted by atomic mass is 9.53. The lowest BCUT2D eigenvalue weighted by Crippen LogP contribution is -2.59. The van der Waals surface area contributed by atoms with Gasteiger partial charge < -0.3 is 25.4 Å². The summed E-state index contributed by atoms with van der Waals surface area (Å²) >= 11 is 0. The van der Waals surface area contributed by atoms with Gasteiger partial charge in [0, 0.05) is 23.8 Å². The zero-order valence-electron chi connectivity index (χ0n) is 20.6. The minimum absolute atomic E-state index is 0.290. The molecule has 1 aromatic rings. The first-order valence-corrected chi connectivity index (χ1v) is 12.5. The number of fused-ring (bicyclic) bond motifs is 1. The molecule has 2 aliphatic carbocycles. The number of nitrogens with one attached hydrogen (secondary N) is 1. The van der Waals surface area contributed by atoms with Crippen LogP contribution in [0.2, 0.25) is 0 Å². The predicted molar refractivity (Wildman–Crippen MR) is 129 cm³/mol. The van der Waals surface area contributed by atoms with Crippen LogP contribution in [0, 0.1) is 23.2 Å². The summed E-state index contributed by atoms with van der Waals surface area (Å²) < 4.78 is 5.76. The topological polar surface area (TPSA) is 119 Å². The molecule has 5 rings (SSSR count). The molecule has 1 amide bonds. The molecule has 1 spiro atoms. The van der Waals surface area contributed by atoms with Gasteiger partial charge in [-0.2, -0.15) is 0 Å². The monoisotopic (exact) mass is 481 g/mol. The third-order valence-electron chi connectivity index (χ3n) is 9.01. The van der Waals surface area contributed by atoms with Gasteiger partial charge in [-0.15, -0.1) is 0 Å². The molecule has 2 heterocycles. The number of hydrogen-bond acceptors (Lipinski definition) is 6. The third kappa shape index (κ3) is 3.47. The highest BCUT2D eigenvalue weighted by atomic mass is 16.6. The second-order valence-electron chi connectivity index (χ2n) is 11.1. The number of allylic oxidation sites excluding steroid dienone is 1. The average molecular weight is 482 g/mol. The lowest BCUT2D eigenvalue weighted by molar-refractivity contribution is -0.147. The van der Waals surface area contributed by atoms with E-state index >= 15 is 0 Å². The molecule has 4 N–H and O–H groups in total. The van der Waals surface area contributed by atoms with Crippen LogP contribution in [0.1, 0.15) is 39.7 Å². The molecule has 1 unspecified atom stereocenters. The second-order valence-corrected chi connectivity index (χ2v) is 11.1. The maximum absolute atomic E-state index is 14.0. The molecule has 2 fully saturated rings. The molecule has 0 bridgehead atoms. The third-order valence-corrected chi connectivity index (χ3v) is 9.01. The Morgan fingerprint density at radius 3 is 2.49 bits per heavy atom. The zero-order valence-corrected chi connectivity index (χ0v) is 20.6. The van der Waals surface area contributed by atoms with E-state index in [1.807, 2.05) is 50.3 Å². The van der Waals surface area contributed by atoms with Crippen molar-refractivity contribution >= 4 is 11.7 Å². The summed E-state index contributed by atoms with van der Waals surface area (Å²) in [7, 11) is 0. The molecule has 7 heteroatoms. The summed E-state index contributed by atoms with van der Waals surface area (Å²) in [5, 5.41) is 37.5. The van der Waals surface area contributed by atoms with E-state index in [1.54, 1.807) is 13.0 Å². The van der Waals surface area contributed by atoms with Gasteiger partial charge in [0.2, 0.25) is 5.91 Å². The maximum atomic E-state index is 14.0. The first kappa shape index (κ1) is 24.4. The summed E-state index contributed by atoms with van der Waals surface area (Å²) in [5.74, 6) is -2.27. The van der Waals surface area contributed by atoms with Crippen LogP contribution in [-0.2, 0) is 20.7 Å². The highest BCUT2D eigenvalue weighted by Crippen LogP contribution is 2.59. The number of ether oxygens (including phenoxy) is 1. The van der Waals surface area contributed by atoms with E-state index in [-0.39, 0.29) is 17.7 Å². The highest BCUT2D eigenvalue weighted by molar-refractivity contribution is 5.91. The van der Waals surface area contributed by atoms with Crippen molar-refractivity contribution in [2.75, 3.05) is 0 Å². The zero-order chi connectivity index (χ0) is 25.3. The van der Waals surface area contributed by atoms with Crippen molar-refractivity contribution in [3.8, 4) is 0 Å². The number of hydrogen-bond donors (Lipinski definition) is 4. The Kier molecular flexibility index (Phi) is 5.83. The fourth-order valence-corrected chi connectivity index (χ4v) is 6.96. The van der Waals surface area contributed by atoms with Crippen molar-refractivity contribution in [1.29, 1.82) is 0 Å². The molecular weight excluding hydrogens is 446 g/mol. The van der Waals surface area contributed by atoms with Gasteiger partial charge in [-0.25, -0.2) is 0 Å². The quantitative estimate of drug-likeness (QED) is 0.377. The number of carbonyl (C=O) groups excluding carboxylic acids is 2. The molecule has 2 aliphatic heterocycles. The van der Waals surface area contributed by atoms with Crippen LogP contribution in [0.25, 0.3) is 0 Å². The summed E-state index contributed by atoms with van der Waals surface area (Å²) in [6.07, 6.45) is 0.434. The van der Waals surface area contributed by atoms with Gasteiger partial charge in [0.15, 0.2) is 5.78 Å². The number of ketones is 1. The fraction of sp³-hybridized carbons (Fsp3) is 0.571. The van der Waals surface area contributed by atoms with Crippen LogP contribution >= 0.6 is 0 Å². The van der Waals surface area contributed by atoms with Crippen LogP contribution in [0.5, 0.6) is 0 Å². The van der Waals surface area contributed by atoms with Gasteiger partial charge in [-0.3, -0.25) is 9.59 Å². The summed E-state index contributed by atoms with van der Waals surface area (Å²) in [6, 6.07) is 9.58. The smallest absolute Gasteiger partial charge is 0.230 e. The maximum Gasteiger partial charge on any atom is 0.230 e. The molecule has 1 aromatic carbocycles. The number of Topliss-reactive ketones (excluding diaryl/α,β-unsaturated/α-hetero) is 1. The van der Waals surface area contributed by atoms with Crippen molar-refractivity contribution in [1.82, 2.24) is 5.32 Å². The SMILES string of the molecule is CC1=C(C)[C@H]2[C@H](Cc3ccccc3)NC(=O)[C@]23[C@H](O)[C@H]2O[C@@H]2[C@@](C)(O)C(=O)C(C)C/C=C/[C@H]3[C@@H]1O. The number of epoxide rings is 1. The van der Waals surface area contributed by atoms with E-state index in [0.29, 0.717) is 12.8 Å². The fourth-order valence-electron chi connectivity index (χ4n) is 6.96. The average Bonchev–Trinajstić information content (AvgIpc) is 3.59. The van der Waals surface area contributed by atoms with Crippen LogP contribution < -0.4 is 5.32 Å². The minimum atomic E-state index is -1.78. The lowest BCUT2D eigenvalue weighted by Gasteiger charge is -2.49. The van der Waals surface area contributed by atoms with Gasteiger partial charge in [0.25, 0.3) is 0 Å². The van der Waals surface area contributed by atoms with Gasteiger partial charge in [-0.1, -0.05) is 55.0 Å². The standard InChI is InChI=1S/C28H35NO6/c1-14-9-8-12-18-21(30)16(3)15(2)20-19(13-17-10-6-5-7-11-17)29-26(33)28(18,20)24(32)22-25(35-22)27(4,34)23(14)31/h5-8,10-12,14,18-22,24-25,30,32,34H,9,13H2,1-4H3,(H,29,33)/b12-8+/t14?,18-,19-,20-,21+,22+,24+,25-,27-,28-/m0/s1. The van der Waals surface area contributed by atoms with E-state index in [4.69, 9.17) is 4.74 Å². The Bertz CT molecular complexity index is 1090. The second kappa shape index (κ2) is 8.37. The molecule has 35 heavy (non-hydrogen) atoms. The highest BCUT2D eigenvalue weighted by Gasteiger charge is 2.72. The van der Waals surface area contributed by atoms with E-state index in [2.05, 4.69) is 5.32 Å². The van der Waals surface area contributed by atoms with Gasteiger partial charge >= 0.3 is 0 Å². The van der Waals surface area contributed by atoms with Crippen molar-refractivity contribution in [3.63, 3.8) is 0 Å². The number of rotatable bonds is 2. The van der Waals surface area contributed by atoms with Crippen LogP contribution in [-0.4, -0.2) is 63.1 Å². The van der Waals surface area contributed by atoms with Crippen LogP contribution in [0.15, 0.2) is 53.6 Å². The number of aliphatic hydroxyl groups excluding tert-OH is 2. The summed E-state index contributed by atoms with van der Waals surface area (Å²) in [4.78, 5) is 26.9. The molecule has 0 aromatic heterocycles. The van der Waals surface area contributed by atoms with Crippen LogP contribution in [0.3, 0.4) is 0 Å².